The third-order valence-corrected chi connectivity index (χ3v) is 2.83. The number of hydrogen-bond acceptors (Lipinski definition) is 2. The summed E-state index contributed by atoms with van der Waals surface area (Å²) in [6, 6.07) is 5.61. The van der Waals surface area contributed by atoms with Gasteiger partial charge in [-0.3, -0.25) is 0 Å². The number of rotatable bonds is 2. The highest BCUT2D eigenvalue weighted by molar-refractivity contribution is 6.31. The lowest BCUT2D eigenvalue weighted by atomic mass is 10.1. The SMILES string of the molecule is COc1ccc(Cl)c(C2(N)CC2)c1.Cl. The van der Waals surface area contributed by atoms with Crippen LogP contribution in [0, 0.1) is 0 Å². The lowest BCUT2D eigenvalue weighted by Crippen LogP contribution is -2.19. The number of methoxy groups -OCH3 is 1. The summed E-state index contributed by atoms with van der Waals surface area (Å²) < 4.78 is 5.12. The van der Waals surface area contributed by atoms with E-state index in [0.717, 1.165) is 29.2 Å². The van der Waals surface area contributed by atoms with Crippen LogP contribution in [0.3, 0.4) is 0 Å². The summed E-state index contributed by atoms with van der Waals surface area (Å²) in [5.41, 5.74) is 6.87. The third-order valence-electron chi connectivity index (χ3n) is 2.50. The molecule has 0 spiro atoms. The van der Waals surface area contributed by atoms with Crippen molar-refractivity contribution in [3.8, 4) is 5.75 Å². The van der Waals surface area contributed by atoms with Crippen LogP contribution < -0.4 is 10.5 Å². The van der Waals surface area contributed by atoms with Crippen molar-refractivity contribution in [1.82, 2.24) is 0 Å². The van der Waals surface area contributed by atoms with E-state index in [9.17, 15) is 0 Å². The minimum atomic E-state index is -0.189. The summed E-state index contributed by atoms with van der Waals surface area (Å²) in [5, 5.41) is 0.737. The first-order valence-electron chi connectivity index (χ1n) is 4.29. The zero-order valence-electron chi connectivity index (χ0n) is 7.92. The second kappa shape index (κ2) is 3.97. The Morgan fingerprint density at radius 3 is 2.57 bits per heavy atom. The topological polar surface area (TPSA) is 35.2 Å². The van der Waals surface area contributed by atoms with Crippen molar-refractivity contribution in [2.75, 3.05) is 7.11 Å². The van der Waals surface area contributed by atoms with Crippen LogP contribution in [0.2, 0.25) is 5.02 Å². The van der Waals surface area contributed by atoms with Gasteiger partial charge in [0, 0.05) is 10.6 Å². The van der Waals surface area contributed by atoms with E-state index in [2.05, 4.69) is 0 Å². The van der Waals surface area contributed by atoms with Crippen molar-refractivity contribution in [2.45, 2.75) is 18.4 Å². The largest absolute Gasteiger partial charge is 0.497 e. The Balaban J connectivity index is 0.000000980. The predicted octanol–water partition coefficient (Wildman–Crippen LogP) is 2.72. The van der Waals surface area contributed by atoms with E-state index in [4.69, 9.17) is 22.1 Å². The fourth-order valence-electron chi connectivity index (χ4n) is 1.42. The standard InChI is InChI=1S/C10H12ClNO.ClH/c1-13-7-2-3-9(11)8(6-7)10(12)4-5-10;/h2-3,6H,4-5,12H2,1H3;1H. The van der Waals surface area contributed by atoms with Crippen LogP contribution in [-0.2, 0) is 5.54 Å². The van der Waals surface area contributed by atoms with Gasteiger partial charge >= 0.3 is 0 Å². The molecule has 0 aromatic heterocycles. The van der Waals surface area contributed by atoms with Crippen LogP contribution in [0.4, 0.5) is 0 Å². The van der Waals surface area contributed by atoms with Gasteiger partial charge in [-0.2, -0.15) is 0 Å². The van der Waals surface area contributed by atoms with E-state index in [1.807, 2.05) is 18.2 Å². The van der Waals surface area contributed by atoms with Crippen molar-refractivity contribution in [1.29, 1.82) is 0 Å². The number of nitrogens with two attached hydrogens (primary N) is 1. The second-order valence-corrected chi connectivity index (χ2v) is 3.91. The van der Waals surface area contributed by atoms with Crippen molar-refractivity contribution in [2.24, 2.45) is 5.73 Å². The number of halogens is 2. The Bertz CT molecular complexity index is 337. The van der Waals surface area contributed by atoms with E-state index in [1.165, 1.54) is 0 Å². The smallest absolute Gasteiger partial charge is 0.119 e. The van der Waals surface area contributed by atoms with Gasteiger partial charge < -0.3 is 10.5 Å². The first-order valence-corrected chi connectivity index (χ1v) is 4.66. The molecule has 1 aliphatic carbocycles. The monoisotopic (exact) mass is 233 g/mol. The summed E-state index contributed by atoms with van der Waals surface area (Å²) in [4.78, 5) is 0. The van der Waals surface area contributed by atoms with E-state index in [-0.39, 0.29) is 17.9 Å². The maximum Gasteiger partial charge on any atom is 0.119 e. The molecular formula is C10H13Cl2NO. The van der Waals surface area contributed by atoms with Crippen LogP contribution >= 0.6 is 24.0 Å². The maximum atomic E-state index is 6.05. The first kappa shape index (κ1) is 11.6. The molecule has 2 N–H and O–H groups in total. The number of benzene rings is 1. The van der Waals surface area contributed by atoms with Gasteiger partial charge in [0.25, 0.3) is 0 Å². The highest BCUT2D eigenvalue weighted by atomic mass is 35.5. The third kappa shape index (κ3) is 1.97. The Morgan fingerprint density at radius 1 is 1.43 bits per heavy atom. The second-order valence-electron chi connectivity index (χ2n) is 3.50. The molecule has 14 heavy (non-hydrogen) atoms. The molecule has 1 fully saturated rings. The van der Waals surface area contributed by atoms with Gasteiger partial charge in [-0.25, -0.2) is 0 Å². The minimum Gasteiger partial charge on any atom is -0.497 e. The molecule has 2 nitrogen and oxygen atoms in total. The van der Waals surface area contributed by atoms with Crippen molar-refractivity contribution in [3.05, 3.63) is 28.8 Å². The van der Waals surface area contributed by atoms with Gasteiger partial charge in [0.15, 0.2) is 0 Å². The summed E-state index contributed by atoms with van der Waals surface area (Å²) in [5.74, 6) is 0.816. The Labute approximate surface area is 94.8 Å². The van der Waals surface area contributed by atoms with Gasteiger partial charge in [0.2, 0.25) is 0 Å². The van der Waals surface area contributed by atoms with Gasteiger partial charge in [-0.05, 0) is 36.6 Å². The van der Waals surface area contributed by atoms with Gasteiger partial charge in [0.05, 0.1) is 7.11 Å². The molecule has 1 aromatic rings. The molecule has 0 heterocycles. The first-order chi connectivity index (χ1) is 6.15. The fourth-order valence-corrected chi connectivity index (χ4v) is 1.72. The number of ether oxygens (including phenoxy) is 1. The molecule has 0 amide bonds. The molecule has 0 unspecified atom stereocenters. The molecule has 0 bridgehead atoms. The van der Waals surface area contributed by atoms with E-state index in [0.29, 0.717) is 0 Å². The summed E-state index contributed by atoms with van der Waals surface area (Å²) in [6.45, 7) is 0. The molecule has 0 saturated heterocycles. The maximum absolute atomic E-state index is 6.05. The van der Waals surface area contributed by atoms with Gasteiger partial charge in [0.1, 0.15) is 5.75 Å². The van der Waals surface area contributed by atoms with Gasteiger partial charge in [-0.1, -0.05) is 11.6 Å². The molecule has 1 aromatic carbocycles. The Kier molecular flexibility index (Phi) is 3.30. The summed E-state index contributed by atoms with van der Waals surface area (Å²) in [6.07, 6.45) is 2.03. The van der Waals surface area contributed by atoms with Crippen LogP contribution in [0.25, 0.3) is 0 Å². The molecule has 1 saturated carbocycles. The molecular weight excluding hydrogens is 221 g/mol. The van der Waals surface area contributed by atoms with Crippen LogP contribution in [-0.4, -0.2) is 7.11 Å². The van der Waals surface area contributed by atoms with E-state index >= 15 is 0 Å². The quantitative estimate of drug-likeness (QED) is 0.853. The Hall–Kier alpha value is -0.440. The fraction of sp³-hybridized carbons (Fsp3) is 0.400. The molecule has 2 rings (SSSR count). The lowest BCUT2D eigenvalue weighted by molar-refractivity contribution is 0.413. The average molecular weight is 234 g/mol. The summed E-state index contributed by atoms with van der Waals surface area (Å²) >= 11 is 6.04. The molecule has 78 valence electrons. The molecule has 0 atom stereocenters. The average Bonchev–Trinajstić information content (AvgIpc) is 2.86. The number of hydrogen-bond donors (Lipinski definition) is 1. The zero-order valence-corrected chi connectivity index (χ0v) is 9.49. The molecule has 1 aliphatic rings. The van der Waals surface area contributed by atoms with E-state index < -0.39 is 0 Å². The van der Waals surface area contributed by atoms with Crippen molar-refractivity contribution in [3.63, 3.8) is 0 Å². The van der Waals surface area contributed by atoms with Gasteiger partial charge in [-0.15, -0.1) is 12.4 Å². The zero-order chi connectivity index (χ0) is 9.47. The minimum absolute atomic E-state index is 0. The summed E-state index contributed by atoms with van der Waals surface area (Å²) in [7, 11) is 1.64. The highest BCUT2D eigenvalue weighted by Crippen LogP contribution is 2.46. The van der Waals surface area contributed by atoms with Crippen LogP contribution in [0.1, 0.15) is 18.4 Å². The van der Waals surface area contributed by atoms with Crippen LogP contribution in [0.15, 0.2) is 18.2 Å². The highest BCUT2D eigenvalue weighted by Gasteiger charge is 2.41. The lowest BCUT2D eigenvalue weighted by Gasteiger charge is -2.12. The molecule has 0 aliphatic heterocycles. The normalized spacial score (nSPS) is 17.1. The molecule has 0 radical (unpaired) electrons. The van der Waals surface area contributed by atoms with Crippen LogP contribution in [0.5, 0.6) is 5.75 Å². The van der Waals surface area contributed by atoms with Crippen molar-refractivity contribution >= 4 is 24.0 Å². The predicted molar refractivity (Wildman–Crippen MR) is 60.4 cm³/mol. The van der Waals surface area contributed by atoms with Crippen molar-refractivity contribution < 1.29 is 4.74 Å². The van der Waals surface area contributed by atoms with E-state index in [1.54, 1.807) is 7.11 Å². The molecule has 4 heteroatoms. The Morgan fingerprint density at radius 2 is 2.07 bits per heavy atom.